The molecule has 4 fully saturated rings. The highest BCUT2D eigenvalue weighted by Crippen LogP contribution is 2.51. The van der Waals surface area contributed by atoms with Crippen molar-refractivity contribution < 1.29 is 9.90 Å². The normalized spacial score (nSPS) is 32.4. The number of rotatable bonds is 5. The fraction of sp³-hybridized carbons (Fsp3) is 0.619. The second-order valence-electron chi connectivity index (χ2n) is 8.71. The van der Waals surface area contributed by atoms with E-state index in [1.807, 2.05) is 31.0 Å². The molecule has 27 heavy (non-hydrogen) atoms. The number of amides is 1. The quantitative estimate of drug-likeness (QED) is 0.672. The van der Waals surface area contributed by atoms with Crippen molar-refractivity contribution in [2.45, 2.75) is 63.1 Å². The van der Waals surface area contributed by atoms with Gasteiger partial charge in [-0.1, -0.05) is 24.6 Å². The van der Waals surface area contributed by atoms with Gasteiger partial charge in [0.15, 0.2) is 0 Å². The predicted octanol–water partition coefficient (Wildman–Crippen LogP) is 3.68. The Bertz CT molecular complexity index is 765. The van der Waals surface area contributed by atoms with Gasteiger partial charge in [0.2, 0.25) is 5.91 Å². The van der Waals surface area contributed by atoms with Crippen LogP contribution in [0.2, 0.25) is 5.02 Å². The molecule has 2 heterocycles. The van der Waals surface area contributed by atoms with Gasteiger partial charge in [-0.2, -0.15) is 0 Å². The van der Waals surface area contributed by atoms with Crippen molar-refractivity contribution in [2.75, 3.05) is 12.4 Å². The molecule has 1 amide bonds. The third kappa shape index (κ3) is 3.25. The molecule has 2 saturated carbocycles. The Morgan fingerprint density at radius 1 is 1.37 bits per heavy atom. The SMILES string of the molecule is CNc1cccc(Cl)c1C(=N)C(C)CC(=O)N1C2CC3CC1CC(O)(C3)C2. The Balaban J connectivity index is 1.48. The van der Waals surface area contributed by atoms with Crippen LogP contribution in [0.5, 0.6) is 0 Å². The van der Waals surface area contributed by atoms with Gasteiger partial charge in [0.25, 0.3) is 0 Å². The number of nitrogens with one attached hydrogen (secondary N) is 2. The largest absolute Gasteiger partial charge is 0.390 e. The van der Waals surface area contributed by atoms with Crippen LogP contribution in [0, 0.1) is 17.2 Å². The van der Waals surface area contributed by atoms with E-state index in [1.54, 1.807) is 6.07 Å². The molecule has 2 aliphatic heterocycles. The number of piperidine rings is 2. The minimum absolute atomic E-state index is 0.114. The number of carbonyl (C=O) groups is 1. The standard InChI is InChI=1S/C21H28ClN3O2/c1-12(20(23)19-16(22)4-3-5-17(19)24-2)6-18(26)25-14-7-13-8-15(25)11-21(27,9-13)10-14/h3-5,12-15,23-24,27H,6-11H2,1-2H3. The first-order chi connectivity index (χ1) is 12.8. The number of anilines is 1. The van der Waals surface area contributed by atoms with E-state index in [1.165, 1.54) is 0 Å². The lowest BCUT2D eigenvalue weighted by molar-refractivity contribution is -0.175. The van der Waals surface area contributed by atoms with Gasteiger partial charge in [-0.3, -0.25) is 4.79 Å². The molecule has 5 rings (SSSR count). The van der Waals surface area contributed by atoms with Crippen molar-refractivity contribution >= 4 is 28.9 Å². The topological polar surface area (TPSA) is 76.4 Å². The van der Waals surface area contributed by atoms with Crippen molar-refractivity contribution in [1.29, 1.82) is 5.41 Å². The Labute approximate surface area is 165 Å². The van der Waals surface area contributed by atoms with E-state index >= 15 is 0 Å². The minimum Gasteiger partial charge on any atom is -0.390 e. The second kappa shape index (κ2) is 6.78. The summed E-state index contributed by atoms with van der Waals surface area (Å²) in [6.45, 7) is 1.92. The van der Waals surface area contributed by atoms with Crippen molar-refractivity contribution in [1.82, 2.24) is 4.90 Å². The first kappa shape index (κ1) is 18.8. The molecule has 146 valence electrons. The van der Waals surface area contributed by atoms with Crippen molar-refractivity contribution in [3.05, 3.63) is 28.8 Å². The number of hydrogen-bond donors (Lipinski definition) is 3. The van der Waals surface area contributed by atoms with Crippen LogP contribution in [0.4, 0.5) is 5.69 Å². The van der Waals surface area contributed by atoms with Gasteiger partial charge in [0.1, 0.15) is 0 Å². The number of halogens is 1. The Kier molecular flexibility index (Phi) is 4.71. The van der Waals surface area contributed by atoms with E-state index in [0.29, 0.717) is 41.5 Å². The average Bonchev–Trinajstić information content (AvgIpc) is 2.58. The van der Waals surface area contributed by atoms with Crippen LogP contribution in [0.1, 0.15) is 51.0 Å². The molecule has 4 bridgehead atoms. The smallest absolute Gasteiger partial charge is 0.223 e. The monoisotopic (exact) mass is 389 g/mol. The predicted molar refractivity (Wildman–Crippen MR) is 108 cm³/mol. The highest BCUT2D eigenvalue weighted by Gasteiger charge is 2.54. The fourth-order valence-corrected chi connectivity index (χ4v) is 5.99. The maximum Gasteiger partial charge on any atom is 0.223 e. The summed E-state index contributed by atoms with van der Waals surface area (Å²) in [5, 5.41) is 23.0. The summed E-state index contributed by atoms with van der Waals surface area (Å²) >= 11 is 6.34. The number of benzene rings is 1. The number of aliphatic hydroxyl groups is 1. The van der Waals surface area contributed by atoms with Gasteiger partial charge < -0.3 is 20.7 Å². The zero-order valence-corrected chi connectivity index (χ0v) is 16.7. The van der Waals surface area contributed by atoms with Gasteiger partial charge in [-0.15, -0.1) is 0 Å². The first-order valence-electron chi connectivity index (χ1n) is 9.90. The van der Waals surface area contributed by atoms with Crippen LogP contribution in [0.25, 0.3) is 0 Å². The van der Waals surface area contributed by atoms with E-state index < -0.39 is 5.60 Å². The second-order valence-corrected chi connectivity index (χ2v) is 9.12. The molecule has 5 nitrogen and oxygen atoms in total. The Morgan fingerprint density at radius 2 is 2.04 bits per heavy atom. The summed E-state index contributed by atoms with van der Waals surface area (Å²) in [5.41, 5.74) is 1.33. The molecular weight excluding hydrogens is 362 g/mol. The Hall–Kier alpha value is -1.59. The molecule has 3 atom stereocenters. The molecule has 0 radical (unpaired) electrons. The molecule has 0 spiro atoms. The van der Waals surface area contributed by atoms with Gasteiger partial charge in [0, 0.05) is 48.4 Å². The van der Waals surface area contributed by atoms with Crippen LogP contribution in [0.15, 0.2) is 18.2 Å². The van der Waals surface area contributed by atoms with Gasteiger partial charge in [-0.25, -0.2) is 0 Å². The molecule has 6 heteroatoms. The van der Waals surface area contributed by atoms with Crippen LogP contribution >= 0.6 is 11.6 Å². The summed E-state index contributed by atoms with van der Waals surface area (Å²) < 4.78 is 0. The number of hydrogen-bond acceptors (Lipinski definition) is 4. The number of carbonyl (C=O) groups excluding carboxylic acids is 1. The fourth-order valence-electron chi connectivity index (χ4n) is 5.71. The molecule has 2 aliphatic carbocycles. The number of nitrogens with zero attached hydrogens (tertiary/aromatic N) is 1. The summed E-state index contributed by atoms with van der Waals surface area (Å²) in [7, 11) is 1.81. The van der Waals surface area contributed by atoms with E-state index in [0.717, 1.165) is 24.9 Å². The van der Waals surface area contributed by atoms with Gasteiger partial charge >= 0.3 is 0 Å². The summed E-state index contributed by atoms with van der Waals surface area (Å²) in [6.07, 6.45) is 4.68. The van der Waals surface area contributed by atoms with E-state index in [4.69, 9.17) is 17.0 Å². The maximum absolute atomic E-state index is 13.1. The lowest BCUT2D eigenvalue weighted by atomic mass is 9.61. The summed E-state index contributed by atoms with van der Waals surface area (Å²) in [6, 6.07) is 5.87. The maximum atomic E-state index is 13.1. The first-order valence-corrected chi connectivity index (χ1v) is 10.3. The molecule has 3 unspecified atom stereocenters. The molecule has 4 aliphatic rings. The molecule has 0 aromatic heterocycles. The van der Waals surface area contributed by atoms with E-state index in [9.17, 15) is 9.90 Å². The molecule has 3 N–H and O–H groups in total. The van der Waals surface area contributed by atoms with Crippen molar-refractivity contribution in [2.24, 2.45) is 11.8 Å². The highest BCUT2D eigenvalue weighted by molar-refractivity contribution is 6.35. The van der Waals surface area contributed by atoms with E-state index in [2.05, 4.69) is 5.32 Å². The van der Waals surface area contributed by atoms with Crippen LogP contribution in [0.3, 0.4) is 0 Å². The lowest BCUT2D eigenvalue weighted by Crippen LogP contribution is -2.65. The van der Waals surface area contributed by atoms with Crippen molar-refractivity contribution in [3.63, 3.8) is 0 Å². The van der Waals surface area contributed by atoms with E-state index in [-0.39, 0.29) is 23.9 Å². The highest BCUT2D eigenvalue weighted by atomic mass is 35.5. The third-order valence-corrected chi connectivity index (χ3v) is 7.03. The van der Waals surface area contributed by atoms with Crippen LogP contribution < -0.4 is 5.32 Å². The average molecular weight is 390 g/mol. The molecule has 2 saturated heterocycles. The zero-order chi connectivity index (χ0) is 19.3. The molecule has 1 aromatic rings. The Morgan fingerprint density at radius 3 is 2.63 bits per heavy atom. The zero-order valence-electron chi connectivity index (χ0n) is 16.0. The summed E-state index contributed by atoms with van der Waals surface area (Å²) in [4.78, 5) is 15.2. The van der Waals surface area contributed by atoms with Crippen LogP contribution in [-0.4, -0.2) is 46.4 Å². The summed E-state index contributed by atoms with van der Waals surface area (Å²) in [5.74, 6) is 0.459. The molecule has 1 aromatic carbocycles. The minimum atomic E-state index is -0.551. The van der Waals surface area contributed by atoms with Crippen LogP contribution in [-0.2, 0) is 4.79 Å². The van der Waals surface area contributed by atoms with Gasteiger partial charge in [0.05, 0.1) is 10.6 Å². The van der Waals surface area contributed by atoms with Crippen molar-refractivity contribution in [3.8, 4) is 0 Å². The third-order valence-electron chi connectivity index (χ3n) is 6.71. The molecular formula is C21H28ClN3O2. The lowest BCUT2D eigenvalue weighted by Gasteiger charge is -2.59. The van der Waals surface area contributed by atoms with Gasteiger partial charge in [-0.05, 0) is 50.2 Å².